The Balaban J connectivity index is 1.52. The van der Waals surface area contributed by atoms with Crippen molar-refractivity contribution in [3.05, 3.63) is 89.2 Å². The predicted molar refractivity (Wildman–Crippen MR) is 113 cm³/mol. The second-order valence-corrected chi connectivity index (χ2v) is 8.82. The molecule has 0 aliphatic heterocycles. The Morgan fingerprint density at radius 2 is 1.86 bits per heavy atom. The fourth-order valence-corrected chi connectivity index (χ4v) is 4.39. The van der Waals surface area contributed by atoms with Crippen LogP contribution in [0.2, 0.25) is 5.02 Å². The van der Waals surface area contributed by atoms with Gasteiger partial charge in [0.25, 0.3) is 0 Å². The minimum absolute atomic E-state index is 0.138. The number of pyridine rings is 1. The van der Waals surface area contributed by atoms with Crippen LogP contribution >= 0.6 is 11.6 Å². The lowest BCUT2D eigenvalue weighted by atomic mass is 10.1. The monoisotopic (exact) mass is 411 g/mol. The van der Waals surface area contributed by atoms with E-state index in [9.17, 15) is 8.42 Å². The quantitative estimate of drug-likeness (QED) is 0.507. The fraction of sp³-hybridized carbons (Fsp3) is 0.0952. The fourth-order valence-electron chi connectivity index (χ4n) is 2.99. The van der Waals surface area contributed by atoms with Crippen LogP contribution in [0, 0.1) is 6.92 Å². The molecule has 0 aliphatic carbocycles. The summed E-state index contributed by atoms with van der Waals surface area (Å²) >= 11 is 5.92. The topological polar surface area (TPSA) is 63.5 Å². The molecule has 7 heteroatoms. The lowest BCUT2D eigenvalue weighted by Gasteiger charge is -2.09. The molecule has 2 aromatic heterocycles. The first-order valence-corrected chi connectivity index (χ1v) is 10.7. The second kappa shape index (κ2) is 7.30. The Morgan fingerprint density at radius 3 is 2.61 bits per heavy atom. The number of rotatable bonds is 5. The summed E-state index contributed by atoms with van der Waals surface area (Å²) in [5.41, 5.74) is 4.91. The van der Waals surface area contributed by atoms with Crippen molar-refractivity contribution < 1.29 is 8.42 Å². The Morgan fingerprint density at radius 1 is 1.07 bits per heavy atom. The average Bonchev–Trinajstić information content (AvgIpc) is 3.04. The standard InChI is InChI=1S/C21H18ClN3O2S/c1-15-9-10-25-13-20(23-21(25)11-15)17-5-7-19(8-6-17)24-28(26,27)14-16-3-2-4-18(22)12-16/h2-13,24H,14H2,1H3. The molecule has 142 valence electrons. The van der Waals surface area contributed by atoms with E-state index in [2.05, 4.69) is 9.71 Å². The maximum Gasteiger partial charge on any atom is 0.236 e. The molecule has 28 heavy (non-hydrogen) atoms. The first-order valence-electron chi connectivity index (χ1n) is 8.69. The van der Waals surface area contributed by atoms with E-state index in [1.165, 1.54) is 0 Å². The smallest absolute Gasteiger partial charge is 0.236 e. The molecule has 4 aromatic rings. The van der Waals surface area contributed by atoms with Crippen LogP contribution in [0.1, 0.15) is 11.1 Å². The number of halogens is 1. The van der Waals surface area contributed by atoms with Gasteiger partial charge in [-0.15, -0.1) is 0 Å². The molecule has 0 amide bonds. The number of anilines is 1. The first kappa shape index (κ1) is 18.5. The van der Waals surface area contributed by atoms with Crippen molar-refractivity contribution in [3.8, 4) is 11.3 Å². The zero-order chi connectivity index (χ0) is 19.7. The largest absolute Gasteiger partial charge is 0.306 e. The third-order valence-electron chi connectivity index (χ3n) is 4.32. The van der Waals surface area contributed by atoms with Crippen LogP contribution in [0.5, 0.6) is 0 Å². The molecule has 1 N–H and O–H groups in total. The van der Waals surface area contributed by atoms with Crippen LogP contribution < -0.4 is 4.72 Å². The van der Waals surface area contributed by atoms with Crippen LogP contribution in [-0.4, -0.2) is 17.8 Å². The maximum atomic E-state index is 12.4. The Labute approximate surface area is 168 Å². The molecule has 2 aromatic carbocycles. The minimum Gasteiger partial charge on any atom is -0.306 e. The zero-order valence-electron chi connectivity index (χ0n) is 15.1. The molecule has 0 radical (unpaired) electrons. The molecule has 0 bridgehead atoms. The van der Waals surface area contributed by atoms with Crippen molar-refractivity contribution in [1.29, 1.82) is 0 Å². The van der Waals surface area contributed by atoms with E-state index in [4.69, 9.17) is 11.6 Å². The molecular formula is C21H18ClN3O2S. The van der Waals surface area contributed by atoms with Crippen LogP contribution in [0.4, 0.5) is 5.69 Å². The molecule has 0 aliphatic rings. The van der Waals surface area contributed by atoms with Gasteiger partial charge in [0.05, 0.1) is 11.4 Å². The van der Waals surface area contributed by atoms with Crippen molar-refractivity contribution in [2.45, 2.75) is 12.7 Å². The van der Waals surface area contributed by atoms with Crippen LogP contribution in [0.25, 0.3) is 16.9 Å². The number of nitrogens with one attached hydrogen (secondary N) is 1. The van der Waals surface area contributed by atoms with Gasteiger partial charge in [0.1, 0.15) is 5.65 Å². The molecule has 0 saturated heterocycles. The summed E-state index contributed by atoms with van der Waals surface area (Å²) < 4.78 is 29.4. The van der Waals surface area contributed by atoms with E-state index in [-0.39, 0.29) is 5.75 Å². The molecule has 4 rings (SSSR count). The van der Waals surface area contributed by atoms with Crippen molar-refractivity contribution in [2.75, 3.05) is 4.72 Å². The molecule has 0 saturated carbocycles. The molecule has 5 nitrogen and oxygen atoms in total. The van der Waals surface area contributed by atoms with Crippen LogP contribution in [0.15, 0.2) is 73.1 Å². The minimum atomic E-state index is -3.54. The van der Waals surface area contributed by atoms with E-state index >= 15 is 0 Å². The van der Waals surface area contributed by atoms with Gasteiger partial charge >= 0.3 is 0 Å². The van der Waals surface area contributed by atoms with Crippen LogP contribution in [-0.2, 0) is 15.8 Å². The Hall–Kier alpha value is -2.83. The normalized spacial score (nSPS) is 11.6. The highest BCUT2D eigenvalue weighted by Crippen LogP contribution is 2.23. The number of benzene rings is 2. The van der Waals surface area contributed by atoms with E-state index in [1.54, 1.807) is 36.4 Å². The lowest BCUT2D eigenvalue weighted by Crippen LogP contribution is -2.15. The SMILES string of the molecule is Cc1ccn2cc(-c3ccc(NS(=O)(=O)Cc4cccc(Cl)c4)cc3)nc2c1. The van der Waals surface area contributed by atoms with Gasteiger partial charge in [-0.3, -0.25) is 4.72 Å². The van der Waals surface area contributed by atoms with Gasteiger partial charge in [-0.25, -0.2) is 13.4 Å². The molecule has 0 spiro atoms. The van der Waals surface area contributed by atoms with Crippen molar-refractivity contribution in [2.24, 2.45) is 0 Å². The van der Waals surface area contributed by atoms with E-state index in [1.807, 2.05) is 48.0 Å². The van der Waals surface area contributed by atoms with Gasteiger partial charge in [0.15, 0.2) is 0 Å². The number of aromatic nitrogens is 2. The number of aryl methyl sites for hydroxylation is 1. The molecule has 0 unspecified atom stereocenters. The summed E-state index contributed by atoms with van der Waals surface area (Å²) in [7, 11) is -3.54. The van der Waals surface area contributed by atoms with E-state index in [0.717, 1.165) is 22.5 Å². The van der Waals surface area contributed by atoms with Crippen molar-refractivity contribution in [1.82, 2.24) is 9.38 Å². The Kier molecular flexibility index (Phi) is 4.83. The lowest BCUT2D eigenvalue weighted by molar-refractivity contribution is 0.600. The number of nitrogens with zero attached hydrogens (tertiary/aromatic N) is 2. The summed E-state index contributed by atoms with van der Waals surface area (Å²) in [5, 5.41) is 0.514. The first-order chi connectivity index (χ1) is 13.4. The summed E-state index contributed by atoms with van der Waals surface area (Å²) in [6.45, 7) is 2.03. The summed E-state index contributed by atoms with van der Waals surface area (Å²) in [5.74, 6) is -0.138. The highest BCUT2D eigenvalue weighted by atomic mass is 35.5. The summed E-state index contributed by atoms with van der Waals surface area (Å²) in [6, 6.07) is 18.0. The molecule has 0 fully saturated rings. The molecular weight excluding hydrogens is 394 g/mol. The maximum absolute atomic E-state index is 12.4. The number of sulfonamides is 1. The van der Waals surface area contributed by atoms with Crippen molar-refractivity contribution in [3.63, 3.8) is 0 Å². The third kappa shape index (κ3) is 4.18. The molecule has 0 atom stereocenters. The number of hydrogen-bond donors (Lipinski definition) is 1. The summed E-state index contributed by atoms with van der Waals surface area (Å²) in [6.07, 6.45) is 3.92. The Bertz CT molecular complexity index is 1250. The average molecular weight is 412 g/mol. The van der Waals surface area contributed by atoms with Gasteiger partial charge in [-0.05, 0) is 54.4 Å². The van der Waals surface area contributed by atoms with Gasteiger partial charge in [-0.1, -0.05) is 35.9 Å². The summed E-state index contributed by atoms with van der Waals surface area (Å²) in [4.78, 5) is 4.62. The highest BCUT2D eigenvalue weighted by molar-refractivity contribution is 7.91. The molecule has 2 heterocycles. The van der Waals surface area contributed by atoms with Crippen molar-refractivity contribution >= 4 is 33.0 Å². The number of fused-ring (bicyclic) bond motifs is 1. The predicted octanol–water partition coefficient (Wildman–Crippen LogP) is 4.91. The second-order valence-electron chi connectivity index (χ2n) is 6.66. The van der Waals surface area contributed by atoms with E-state index < -0.39 is 10.0 Å². The van der Waals surface area contributed by atoms with Gasteiger partial charge in [-0.2, -0.15) is 0 Å². The van der Waals surface area contributed by atoms with Gasteiger partial charge in [0.2, 0.25) is 10.0 Å². The highest BCUT2D eigenvalue weighted by Gasteiger charge is 2.12. The third-order valence-corrected chi connectivity index (χ3v) is 5.81. The van der Waals surface area contributed by atoms with Crippen LogP contribution in [0.3, 0.4) is 0 Å². The zero-order valence-corrected chi connectivity index (χ0v) is 16.7. The van der Waals surface area contributed by atoms with Gasteiger partial charge < -0.3 is 4.40 Å². The number of hydrogen-bond acceptors (Lipinski definition) is 3. The van der Waals surface area contributed by atoms with Gasteiger partial charge in [0, 0.05) is 28.7 Å². The van der Waals surface area contributed by atoms with E-state index in [0.29, 0.717) is 16.3 Å². The number of imidazole rings is 1.